The lowest BCUT2D eigenvalue weighted by Crippen LogP contribution is -2.35. The zero-order chi connectivity index (χ0) is 18.6. The van der Waals surface area contributed by atoms with Crippen molar-refractivity contribution in [2.45, 2.75) is 32.6 Å². The molecule has 0 saturated heterocycles. The van der Waals surface area contributed by atoms with Crippen molar-refractivity contribution < 1.29 is 14.0 Å². The van der Waals surface area contributed by atoms with Crippen molar-refractivity contribution in [1.82, 2.24) is 9.88 Å². The standard InChI is InChI=1S/C17H18Cl2FN3O2/c1-10(18)6-13(7-22-25-9-11(2)20)12(3)23-8-15-14(17(23)24)4-5-21-16(15)19/h4-7,11-12H,1,8-9H2,2-3H3/b13-6+,22-7-. The summed E-state index contributed by atoms with van der Waals surface area (Å²) < 4.78 is 12.8. The summed E-state index contributed by atoms with van der Waals surface area (Å²) in [6.07, 6.45) is 3.34. The minimum atomic E-state index is -1.13. The summed E-state index contributed by atoms with van der Waals surface area (Å²) in [5.41, 5.74) is 1.80. The van der Waals surface area contributed by atoms with Gasteiger partial charge >= 0.3 is 0 Å². The number of carbonyl (C=O) groups is 1. The maximum atomic E-state index is 12.8. The summed E-state index contributed by atoms with van der Waals surface area (Å²) in [5, 5.41) is 4.32. The van der Waals surface area contributed by atoms with Crippen LogP contribution in [0.25, 0.3) is 0 Å². The normalized spacial score (nSPS) is 16.9. The minimum absolute atomic E-state index is 0.157. The fourth-order valence-corrected chi connectivity index (χ4v) is 2.74. The zero-order valence-corrected chi connectivity index (χ0v) is 15.4. The molecule has 134 valence electrons. The van der Waals surface area contributed by atoms with E-state index in [1.54, 1.807) is 17.0 Å². The molecule has 5 nitrogen and oxygen atoms in total. The zero-order valence-electron chi connectivity index (χ0n) is 13.9. The fraction of sp³-hybridized carbons (Fsp3) is 0.353. The molecule has 8 heteroatoms. The number of halogens is 3. The van der Waals surface area contributed by atoms with Crippen molar-refractivity contribution >= 4 is 35.3 Å². The highest BCUT2D eigenvalue weighted by Gasteiger charge is 2.33. The Kier molecular flexibility index (Phi) is 6.56. The van der Waals surface area contributed by atoms with Gasteiger partial charge in [-0.25, -0.2) is 9.37 Å². The highest BCUT2D eigenvalue weighted by Crippen LogP contribution is 2.30. The first-order valence-electron chi connectivity index (χ1n) is 7.61. The van der Waals surface area contributed by atoms with Crippen LogP contribution in [-0.2, 0) is 11.4 Å². The van der Waals surface area contributed by atoms with E-state index in [9.17, 15) is 9.18 Å². The minimum Gasteiger partial charge on any atom is -0.393 e. The molecule has 0 bridgehead atoms. The summed E-state index contributed by atoms with van der Waals surface area (Å²) in [5.74, 6) is -0.162. The van der Waals surface area contributed by atoms with Crippen molar-refractivity contribution in [2.24, 2.45) is 5.16 Å². The molecule has 0 N–H and O–H groups in total. The highest BCUT2D eigenvalue weighted by molar-refractivity contribution is 6.31. The smallest absolute Gasteiger partial charge is 0.255 e. The van der Waals surface area contributed by atoms with Gasteiger partial charge in [-0.15, -0.1) is 0 Å². The molecule has 25 heavy (non-hydrogen) atoms. The molecule has 2 unspecified atom stereocenters. The van der Waals surface area contributed by atoms with Crippen LogP contribution in [0.2, 0.25) is 5.15 Å². The molecule has 1 aromatic rings. The Morgan fingerprint density at radius 1 is 1.60 bits per heavy atom. The Balaban J connectivity index is 2.20. The van der Waals surface area contributed by atoms with Gasteiger partial charge in [0, 0.05) is 22.4 Å². The topological polar surface area (TPSA) is 54.8 Å². The maximum Gasteiger partial charge on any atom is 0.255 e. The number of fused-ring (bicyclic) bond motifs is 1. The predicted molar refractivity (Wildman–Crippen MR) is 96.7 cm³/mol. The first-order chi connectivity index (χ1) is 11.8. The number of aromatic nitrogens is 1. The van der Waals surface area contributed by atoms with Crippen LogP contribution in [-0.4, -0.2) is 40.8 Å². The van der Waals surface area contributed by atoms with Gasteiger partial charge in [-0.05, 0) is 31.6 Å². The molecule has 2 rings (SSSR count). The molecule has 2 atom stereocenters. The van der Waals surface area contributed by atoms with Crippen LogP contribution in [0.15, 0.2) is 40.7 Å². The number of oxime groups is 1. The fourth-order valence-electron chi connectivity index (χ4n) is 2.40. The van der Waals surface area contributed by atoms with Gasteiger partial charge in [0.05, 0.1) is 18.8 Å². The van der Waals surface area contributed by atoms with Gasteiger partial charge in [0.2, 0.25) is 0 Å². The third-order valence-electron chi connectivity index (χ3n) is 3.68. The third kappa shape index (κ3) is 4.80. The van der Waals surface area contributed by atoms with Crippen LogP contribution in [0.1, 0.15) is 29.8 Å². The van der Waals surface area contributed by atoms with Crippen molar-refractivity contribution in [3.8, 4) is 0 Å². The van der Waals surface area contributed by atoms with E-state index in [-0.39, 0.29) is 23.6 Å². The largest absolute Gasteiger partial charge is 0.393 e. The molecular weight excluding hydrogens is 368 g/mol. The Labute approximate surface area is 155 Å². The van der Waals surface area contributed by atoms with Gasteiger partial charge in [-0.3, -0.25) is 4.79 Å². The second kappa shape index (κ2) is 8.45. The highest BCUT2D eigenvalue weighted by atomic mass is 35.5. The van der Waals surface area contributed by atoms with E-state index in [4.69, 9.17) is 28.0 Å². The van der Waals surface area contributed by atoms with Crippen LogP contribution < -0.4 is 0 Å². The van der Waals surface area contributed by atoms with Gasteiger partial charge in [-0.1, -0.05) is 34.9 Å². The number of allylic oxidation sites excluding steroid dienone is 2. The molecule has 2 heterocycles. The third-order valence-corrected chi connectivity index (χ3v) is 4.11. The van der Waals surface area contributed by atoms with Crippen LogP contribution in [0.4, 0.5) is 4.39 Å². The van der Waals surface area contributed by atoms with Gasteiger partial charge in [0.25, 0.3) is 5.91 Å². The Morgan fingerprint density at radius 2 is 2.32 bits per heavy atom. The summed E-state index contributed by atoms with van der Waals surface area (Å²) in [4.78, 5) is 23.1. The molecular formula is C17H18Cl2FN3O2. The SMILES string of the molecule is C=C(Cl)/C=C(\C=N/OCC(C)F)C(C)N1Cc2c(ccnc2Cl)C1=O. The summed E-state index contributed by atoms with van der Waals surface area (Å²) >= 11 is 11.9. The summed E-state index contributed by atoms with van der Waals surface area (Å²) in [6.45, 7) is 6.98. The van der Waals surface area contributed by atoms with Crippen LogP contribution >= 0.6 is 23.2 Å². The summed E-state index contributed by atoms with van der Waals surface area (Å²) in [6, 6.07) is 1.27. The second-order valence-corrected chi connectivity index (χ2v) is 6.48. The number of carbonyl (C=O) groups excluding carboxylic acids is 1. The van der Waals surface area contributed by atoms with Crippen LogP contribution in [0, 0.1) is 0 Å². The number of alkyl halides is 1. The van der Waals surface area contributed by atoms with E-state index >= 15 is 0 Å². The van der Waals surface area contributed by atoms with E-state index in [2.05, 4.69) is 16.7 Å². The van der Waals surface area contributed by atoms with Crippen molar-refractivity contribution in [3.63, 3.8) is 0 Å². The van der Waals surface area contributed by atoms with Crippen molar-refractivity contribution in [2.75, 3.05) is 6.61 Å². The average Bonchev–Trinajstić information content (AvgIpc) is 2.88. The number of hydrogen-bond acceptors (Lipinski definition) is 4. The van der Waals surface area contributed by atoms with Gasteiger partial charge in [0.1, 0.15) is 17.9 Å². The first-order valence-corrected chi connectivity index (χ1v) is 8.36. The van der Waals surface area contributed by atoms with Gasteiger partial charge in [-0.2, -0.15) is 0 Å². The quantitative estimate of drug-likeness (QED) is 0.307. The summed E-state index contributed by atoms with van der Waals surface area (Å²) in [7, 11) is 0. The molecule has 1 aliphatic rings. The molecule has 0 aliphatic carbocycles. The molecule has 0 aromatic carbocycles. The monoisotopic (exact) mass is 385 g/mol. The van der Waals surface area contributed by atoms with Crippen LogP contribution in [0.5, 0.6) is 0 Å². The predicted octanol–water partition coefficient (Wildman–Crippen LogP) is 4.12. The maximum absolute atomic E-state index is 12.8. The molecule has 0 radical (unpaired) electrons. The van der Waals surface area contributed by atoms with Crippen molar-refractivity contribution in [1.29, 1.82) is 0 Å². The number of pyridine rings is 1. The van der Waals surface area contributed by atoms with E-state index in [0.29, 0.717) is 28.4 Å². The Morgan fingerprint density at radius 3 is 2.92 bits per heavy atom. The van der Waals surface area contributed by atoms with Crippen LogP contribution in [0.3, 0.4) is 0 Å². The Bertz CT molecular complexity index is 735. The lowest BCUT2D eigenvalue weighted by molar-refractivity contribution is 0.0743. The van der Waals surface area contributed by atoms with Gasteiger partial charge in [0.15, 0.2) is 0 Å². The second-order valence-electron chi connectivity index (χ2n) is 5.64. The van der Waals surface area contributed by atoms with E-state index in [0.717, 1.165) is 0 Å². The molecule has 1 aliphatic heterocycles. The van der Waals surface area contributed by atoms with E-state index < -0.39 is 6.17 Å². The molecule has 0 spiro atoms. The van der Waals surface area contributed by atoms with Crippen molar-refractivity contribution in [3.05, 3.63) is 51.8 Å². The number of rotatable bonds is 7. The number of hydrogen-bond donors (Lipinski definition) is 0. The van der Waals surface area contributed by atoms with E-state index in [1.807, 2.05) is 6.92 Å². The number of amides is 1. The molecule has 0 saturated carbocycles. The Hall–Kier alpha value is -1.92. The number of nitrogens with zero attached hydrogens (tertiary/aromatic N) is 3. The first kappa shape index (κ1) is 19.4. The van der Waals surface area contributed by atoms with E-state index in [1.165, 1.54) is 19.3 Å². The molecule has 1 amide bonds. The lowest BCUT2D eigenvalue weighted by atomic mass is 10.1. The average molecular weight is 386 g/mol. The lowest BCUT2D eigenvalue weighted by Gasteiger charge is -2.25. The molecule has 0 fully saturated rings. The molecule has 1 aromatic heterocycles. The van der Waals surface area contributed by atoms with Gasteiger partial charge < -0.3 is 9.74 Å².